The zero-order valence-corrected chi connectivity index (χ0v) is 17.8. The summed E-state index contributed by atoms with van der Waals surface area (Å²) in [4.78, 5) is 23.1. The van der Waals surface area contributed by atoms with Crippen molar-refractivity contribution in [1.29, 1.82) is 0 Å². The maximum Gasteiger partial charge on any atom is 0.293 e. The van der Waals surface area contributed by atoms with Gasteiger partial charge in [0, 0.05) is 24.1 Å². The first-order chi connectivity index (χ1) is 13.7. The average molecular weight is 399 g/mol. The number of allylic oxidation sites excluding steroid dienone is 4. The summed E-state index contributed by atoms with van der Waals surface area (Å²) in [7, 11) is 0. The van der Waals surface area contributed by atoms with Gasteiger partial charge in [-0.3, -0.25) is 14.9 Å². The van der Waals surface area contributed by atoms with Crippen LogP contribution in [-0.4, -0.2) is 23.1 Å². The predicted octanol–water partition coefficient (Wildman–Crippen LogP) is 5.07. The van der Waals surface area contributed by atoms with Gasteiger partial charge < -0.3 is 5.32 Å². The third-order valence-electron chi connectivity index (χ3n) is 5.27. The van der Waals surface area contributed by atoms with Gasteiger partial charge in [-0.15, -0.1) is 0 Å². The first kappa shape index (κ1) is 22.3. The molecule has 0 aliphatic heterocycles. The number of nitrogens with one attached hydrogen (secondary N) is 2. The minimum absolute atomic E-state index is 0.137. The lowest BCUT2D eigenvalue weighted by Gasteiger charge is -2.36. The van der Waals surface area contributed by atoms with Crippen LogP contribution < -0.4 is 10.7 Å². The summed E-state index contributed by atoms with van der Waals surface area (Å²) in [5.74, 6) is -0.156. The number of benzene rings is 1. The molecule has 0 aromatic heterocycles. The van der Waals surface area contributed by atoms with Crippen molar-refractivity contribution in [2.75, 3.05) is 11.9 Å². The molecule has 0 unspecified atom stereocenters. The second kappa shape index (κ2) is 9.49. The molecule has 0 fully saturated rings. The van der Waals surface area contributed by atoms with Crippen LogP contribution in [0.3, 0.4) is 0 Å². The maximum atomic E-state index is 12.4. The number of anilines is 1. The van der Waals surface area contributed by atoms with Crippen LogP contribution in [0, 0.1) is 21.4 Å². The summed E-state index contributed by atoms with van der Waals surface area (Å²) < 4.78 is 0. The lowest BCUT2D eigenvalue weighted by atomic mass is 9.68. The van der Waals surface area contributed by atoms with Crippen molar-refractivity contribution < 1.29 is 9.72 Å². The van der Waals surface area contributed by atoms with E-state index < -0.39 is 10.8 Å². The molecule has 0 bridgehead atoms. The van der Waals surface area contributed by atoms with Crippen LogP contribution in [0.4, 0.5) is 11.4 Å². The fourth-order valence-electron chi connectivity index (χ4n) is 3.62. The Kier molecular flexibility index (Phi) is 7.31. The van der Waals surface area contributed by atoms with Crippen molar-refractivity contribution in [3.05, 3.63) is 57.7 Å². The van der Waals surface area contributed by atoms with Crippen LogP contribution in [-0.2, 0) is 0 Å². The highest BCUT2D eigenvalue weighted by Crippen LogP contribution is 2.41. The summed E-state index contributed by atoms with van der Waals surface area (Å²) >= 11 is 0. The molecule has 1 atom stereocenters. The van der Waals surface area contributed by atoms with Gasteiger partial charge in [0.15, 0.2) is 0 Å². The molecular weight excluding hydrogens is 368 g/mol. The third-order valence-corrected chi connectivity index (χ3v) is 5.27. The van der Waals surface area contributed by atoms with E-state index in [1.54, 1.807) is 6.07 Å². The smallest absolute Gasteiger partial charge is 0.293 e. The highest BCUT2D eigenvalue weighted by molar-refractivity contribution is 5.98. The van der Waals surface area contributed by atoms with Crippen LogP contribution in [0.15, 0.2) is 47.1 Å². The predicted molar refractivity (Wildman–Crippen MR) is 117 cm³/mol. The number of nitro groups is 1. The Labute approximate surface area is 172 Å². The molecule has 0 spiro atoms. The molecule has 1 aromatic rings. The zero-order valence-electron chi connectivity index (χ0n) is 17.8. The van der Waals surface area contributed by atoms with Crippen LogP contribution in [0.2, 0.25) is 0 Å². The molecule has 0 saturated heterocycles. The number of nitro benzene ring substituents is 1. The number of carbonyl (C=O) groups excluding carboxylic acids is 1. The minimum atomic E-state index is -0.506. The van der Waals surface area contributed by atoms with Gasteiger partial charge in [0.1, 0.15) is 5.69 Å². The minimum Gasteiger partial charge on any atom is -0.380 e. The summed E-state index contributed by atoms with van der Waals surface area (Å²) in [6, 6.07) is 4.33. The van der Waals surface area contributed by atoms with Crippen molar-refractivity contribution in [2.45, 2.75) is 47.5 Å². The van der Waals surface area contributed by atoms with Gasteiger partial charge in [-0.2, -0.15) is 5.10 Å². The third kappa shape index (κ3) is 5.76. The average Bonchev–Trinajstić information content (AvgIpc) is 2.65. The zero-order chi connectivity index (χ0) is 21.6. The van der Waals surface area contributed by atoms with Crippen LogP contribution >= 0.6 is 0 Å². The molecule has 0 radical (unpaired) electrons. The summed E-state index contributed by atoms with van der Waals surface area (Å²) in [5.41, 5.74) is 5.10. The molecule has 1 aliphatic carbocycles. The molecule has 1 aromatic carbocycles. The largest absolute Gasteiger partial charge is 0.380 e. The molecule has 2 N–H and O–H groups in total. The monoisotopic (exact) mass is 398 g/mol. The number of hydrogen-bond acceptors (Lipinski definition) is 5. The van der Waals surface area contributed by atoms with Gasteiger partial charge in [-0.1, -0.05) is 31.6 Å². The fraction of sp³-hybridized carbons (Fsp3) is 0.455. The Morgan fingerprint density at radius 3 is 2.76 bits per heavy atom. The Morgan fingerprint density at radius 1 is 1.41 bits per heavy atom. The standard InChI is InChI=1S/C22H30N4O3/c1-6-23-19-12-10-17(14-20(19)26(28)29)21(27)25-24-16(3)9-11-18-15(2)8-7-13-22(18,4)5/h8-12,14,18,23H,6-7,13H2,1-5H3,(H,25,27)/b11-9+,24-16-/t18-/m0/s1. The Morgan fingerprint density at radius 2 is 2.14 bits per heavy atom. The number of rotatable bonds is 7. The van der Waals surface area contributed by atoms with Crippen molar-refractivity contribution >= 4 is 23.0 Å². The first-order valence-electron chi connectivity index (χ1n) is 9.87. The van der Waals surface area contributed by atoms with E-state index in [0.29, 0.717) is 23.9 Å². The molecule has 1 amide bonds. The van der Waals surface area contributed by atoms with Crippen molar-refractivity contribution in [2.24, 2.45) is 16.4 Å². The number of hydrazone groups is 1. The van der Waals surface area contributed by atoms with E-state index in [2.05, 4.69) is 48.8 Å². The lowest BCUT2D eigenvalue weighted by Crippen LogP contribution is -2.26. The topological polar surface area (TPSA) is 96.6 Å². The van der Waals surface area contributed by atoms with E-state index >= 15 is 0 Å². The molecule has 0 saturated carbocycles. The van der Waals surface area contributed by atoms with Crippen LogP contribution in [0.1, 0.15) is 57.8 Å². The van der Waals surface area contributed by atoms with E-state index in [1.807, 2.05) is 19.9 Å². The normalized spacial score (nSPS) is 19.0. The number of hydrogen-bond donors (Lipinski definition) is 2. The van der Waals surface area contributed by atoms with Gasteiger partial charge >= 0.3 is 0 Å². The molecule has 1 aliphatic rings. The quantitative estimate of drug-likeness (QED) is 0.290. The van der Waals surface area contributed by atoms with Gasteiger partial charge in [-0.25, -0.2) is 5.43 Å². The fourth-order valence-corrected chi connectivity index (χ4v) is 3.62. The maximum absolute atomic E-state index is 12.4. The SMILES string of the molecule is CCNc1ccc(C(=O)N/N=C(C)\C=C\[C@H]2C(C)=CCCC2(C)C)cc1[N+](=O)[O-]. The van der Waals surface area contributed by atoms with Crippen molar-refractivity contribution in [3.63, 3.8) is 0 Å². The summed E-state index contributed by atoms with van der Waals surface area (Å²) in [6.07, 6.45) is 8.55. The lowest BCUT2D eigenvalue weighted by molar-refractivity contribution is -0.384. The molecule has 7 nitrogen and oxygen atoms in total. The first-order valence-corrected chi connectivity index (χ1v) is 9.87. The summed E-state index contributed by atoms with van der Waals surface area (Å²) in [6.45, 7) is 10.9. The van der Waals surface area contributed by atoms with E-state index in [-0.39, 0.29) is 16.7 Å². The van der Waals surface area contributed by atoms with Gasteiger partial charge in [-0.05, 0) is 57.2 Å². The van der Waals surface area contributed by atoms with Crippen LogP contribution in [0.5, 0.6) is 0 Å². The molecule has 29 heavy (non-hydrogen) atoms. The summed E-state index contributed by atoms with van der Waals surface area (Å²) in [5, 5.41) is 18.3. The second-order valence-corrected chi connectivity index (χ2v) is 8.03. The number of nitrogens with zero attached hydrogens (tertiary/aromatic N) is 2. The van der Waals surface area contributed by atoms with Gasteiger partial charge in [0.05, 0.1) is 10.6 Å². The highest BCUT2D eigenvalue weighted by atomic mass is 16.6. The second-order valence-electron chi connectivity index (χ2n) is 8.03. The van der Waals surface area contributed by atoms with E-state index in [1.165, 1.54) is 17.7 Å². The molecule has 0 heterocycles. The molecule has 2 rings (SSSR count). The van der Waals surface area contributed by atoms with Crippen LogP contribution in [0.25, 0.3) is 0 Å². The van der Waals surface area contributed by atoms with Crippen molar-refractivity contribution in [3.8, 4) is 0 Å². The van der Waals surface area contributed by atoms with E-state index in [4.69, 9.17) is 0 Å². The van der Waals surface area contributed by atoms with E-state index in [9.17, 15) is 14.9 Å². The Hall–Kier alpha value is -2.96. The Bertz CT molecular complexity index is 869. The molecule has 156 valence electrons. The molecular formula is C22H30N4O3. The van der Waals surface area contributed by atoms with Gasteiger partial charge in [0.2, 0.25) is 0 Å². The van der Waals surface area contributed by atoms with E-state index in [0.717, 1.165) is 12.8 Å². The Balaban J connectivity index is 2.10. The van der Waals surface area contributed by atoms with Gasteiger partial charge in [0.25, 0.3) is 11.6 Å². The number of carbonyl (C=O) groups is 1. The number of amides is 1. The highest BCUT2D eigenvalue weighted by Gasteiger charge is 2.30. The molecule has 7 heteroatoms. The van der Waals surface area contributed by atoms with Crippen molar-refractivity contribution in [1.82, 2.24) is 5.43 Å².